The SMILES string of the molecule is C=CC(c1c(Cl)cc(Cl)cc1Cl)S(=O)(=O)Nc1nnc(CC(=O)N(C(C)C)C(C)C)s1. The number of rotatable bonds is 9. The minimum absolute atomic E-state index is 0.0233. The molecule has 0 fully saturated rings. The van der Waals surface area contributed by atoms with Crippen LogP contribution in [0.5, 0.6) is 0 Å². The van der Waals surface area contributed by atoms with Crippen LogP contribution in [0.4, 0.5) is 5.13 Å². The first-order valence-electron chi connectivity index (χ1n) is 9.29. The second kappa shape index (κ2) is 10.5. The van der Waals surface area contributed by atoms with E-state index in [1.807, 2.05) is 27.7 Å². The number of amides is 1. The Morgan fingerprint density at radius 3 is 2.19 bits per heavy atom. The van der Waals surface area contributed by atoms with Crippen LogP contribution in [0.1, 0.15) is 43.5 Å². The lowest BCUT2D eigenvalue weighted by Crippen LogP contribution is -2.42. The first-order chi connectivity index (χ1) is 14.4. The number of halogens is 3. The number of hydrogen-bond donors (Lipinski definition) is 1. The van der Waals surface area contributed by atoms with Gasteiger partial charge in [0.15, 0.2) is 0 Å². The van der Waals surface area contributed by atoms with Crippen LogP contribution in [-0.2, 0) is 21.2 Å². The summed E-state index contributed by atoms with van der Waals surface area (Å²) in [7, 11) is -4.06. The number of nitrogens with one attached hydrogen (secondary N) is 1. The lowest BCUT2D eigenvalue weighted by molar-refractivity contribution is -0.134. The number of carbonyl (C=O) groups excluding carboxylic acids is 1. The lowest BCUT2D eigenvalue weighted by atomic mass is 10.1. The Labute approximate surface area is 201 Å². The molecule has 0 spiro atoms. The Morgan fingerprint density at radius 1 is 1.16 bits per heavy atom. The van der Waals surface area contributed by atoms with Crippen LogP contribution in [0.15, 0.2) is 24.8 Å². The number of anilines is 1. The predicted octanol–water partition coefficient (Wildman–Crippen LogP) is 5.36. The molecule has 1 N–H and O–H groups in total. The molecule has 7 nitrogen and oxygen atoms in total. The monoisotopic (exact) mass is 524 g/mol. The van der Waals surface area contributed by atoms with Crippen molar-refractivity contribution < 1.29 is 13.2 Å². The average Bonchev–Trinajstić information content (AvgIpc) is 3.02. The van der Waals surface area contributed by atoms with E-state index in [1.165, 1.54) is 18.2 Å². The maximum absolute atomic E-state index is 13.0. The Kier molecular flexibility index (Phi) is 8.75. The molecule has 1 aromatic carbocycles. The van der Waals surface area contributed by atoms with Crippen molar-refractivity contribution in [1.82, 2.24) is 15.1 Å². The third kappa shape index (κ3) is 6.32. The molecule has 0 saturated heterocycles. The molecule has 2 aromatic rings. The highest BCUT2D eigenvalue weighted by Gasteiger charge is 2.30. The minimum atomic E-state index is -4.06. The molecule has 1 aromatic heterocycles. The normalized spacial score (nSPS) is 12.8. The fourth-order valence-corrected chi connectivity index (χ4v) is 6.68. The molecule has 31 heavy (non-hydrogen) atoms. The van der Waals surface area contributed by atoms with Gasteiger partial charge in [-0.2, -0.15) is 0 Å². The summed E-state index contributed by atoms with van der Waals surface area (Å²) in [5.74, 6) is -0.112. The third-order valence-electron chi connectivity index (χ3n) is 4.28. The van der Waals surface area contributed by atoms with Gasteiger partial charge in [0.1, 0.15) is 10.3 Å². The minimum Gasteiger partial charge on any atom is -0.337 e. The van der Waals surface area contributed by atoms with Crippen LogP contribution >= 0.6 is 46.1 Å². The largest absolute Gasteiger partial charge is 0.337 e. The Bertz CT molecular complexity index is 1040. The quantitative estimate of drug-likeness (QED) is 0.445. The molecule has 0 aliphatic rings. The molecule has 0 aliphatic carbocycles. The predicted molar refractivity (Wildman–Crippen MR) is 128 cm³/mol. The molecule has 170 valence electrons. The van der Waals surface area contributed by atoms with Crippen molar-refractivity contribution in [1.29, 1.82) is 0 Å². The van der Waals surface area contributed by atoms with E-state index < -0.39 is 15.3 Å². The van der Waals surface area contributed by atoms with Gasteiger partial charge in [-0.25, -0.2) is 8.42 Å². The van der Waals surface area contributed by atoms with Crippen LogP contribution in [0.25, 0.3) is 0 Å². The zero-order valence-corrected chi connectivity index (χ0v) is 21.3. The molecule has 0 bridgehead atoms. The fraction of sp³-hybridized carbons (Fsp3) is 0.421. The van der Waals surface area contributed by atoms with Gasteiger partial charge in [-0.05, 0) is 39.8 Å². The molecule has 0 aliphatic heterocycles. The zero-order valence-electron chi connectivity index (χ0n) is 17.4. The van der Waals surface area contributed by atoms with Gasteiger partial charge >= 0.3 is 0 Å². The first-order valence-corrected chi connectivity index (χ1v) is 12.8. The van der Waals surface area contributed by atoms with Crippen LogP contribution in [0.2, 0.25) is 15.1 Å². The number of hydrogen-bond acceptors (Lipinski definition) is 6. The van der Waals surface area contributed by atoms with Crippen molar-refractivity contribution in [3.05, 3.63) is 50.4 Å². The highest BCUT2D eigenvalue weighted by Crippen LogP contribution is 2.38. The van der Waals surface area contributed by atoms with Crippen LogP contribution in [0.3, 0.4) is 0 Å². The van der Waals surface area contributed by atoms with Crippen molar-refractivity contribution >= 4 is 67.2 Å². The van der Waals surface area contributed by atoms with Gasteiger partial charge in [-0.3, -0.25) is 9.52 Å². The molecular formula is C19H23Cl3N4O3S2. The Balaban J connectivity index is 2.24. The van der Waals surface area contributed by atoms with E-state index in [4.69, 9.17) is 34.8 Å². The molecule has 1 heterocycles. The van der Waals surface area contributed by atoms with Gasteiger partial charge in [-0.15, -0.1) is 16.8 Å². The molecular weight excluding hydrogens is 503 g/mol. The molecule has 0 radical (unpaired) electrons. The van der Waals surface area contributed by atoms with Crippen molar-refractivity contribution in [2.24, 2.45) is 0 Å². The zero-order chi connectivity index (χ0) is 23.5. The van der Waals surface area contributed by atoms with Gasteiger partial charge in [0.2, 0.25) is 21.1 Å². The Morgan fingerprint density at radius 2 is 1.71 bits per heavy atom. The second-order valence-corrected chi connectivity index (χ2v) is 11.4. The van der Waals surface area contributed by atoms with E-state index >= 15 is 0 Å². The second-order valence-electron chi connectivity index (χ2n) is 7.25. The van der Waals surface area contributed by atoms with E-state index in [9.17, 15) is 13.2 Å². The smallest absolute Gasteiger partial charge is 0.245 e. The van der Waals surface area contributed by atoms with Gasteiger partial charge < -0.3 is 4.90 Å². The van der Waals surface area contributed by atoms with Gasteiger partial charge in [-0.1, -0.05) is 52.2 Å². The summed E-state index contributed by atoms with van der Waals surface area (Å²) >= 11 is 19.3. The van der Waals surface area contributed by atoms with Gasteiger partial charge in [0.05, 0.1) is 6.42 Å². The molecule has 0 saturated carbocycles. The maximum atomic E-state index is 13.0. The van der Waals surface area contributed by atoms with Crippen molar-refractivity contribution in [3.8, 4) is 0 Å². The lowest BCUT2D eigenvalue weighted by Gasteiger charge is -2.30. The molecule has 12 heteroatoms. The van der Waals surface area contributed by atoms with E-state index in [2.05, 4.69) is 21.5 Å². The average molecular weight is 526 g/mol. The number of carbonyl (C=O) groups is 1. The summed E-state index contributed by atoms with van der Waals surface area (Å²) in [5, 5.41) is 7.44. The third-order valence-corrected chi connectivity index (χ3v) is 7.66. The number of aromatic nitrogens is 2. The van der Waals surface area contributed by atoms with Crippen molar-refractivity contribution in [2.75, 3.05) is 4.72 Å². The standard InChI is InChI=1S/C19H23Cl3N4O3S2/c1-6-15(18-13(21)7-12(20)8-14(18)22)31(28,29)25-19-24-23-16(30-19)9-17(27)26(10(2)3)11(4)5/h6-8,10-11,15H,1,9H2,2-5H3,(H,24,25). The molecule has 1 atom stereocenters. The number of benzene rings is 1. The van der Waals surface area contributed by atoms with Crippen molar-refractivity contribution in [3.63, 3.8) is 0 Å². The Hall–Kier alpha value is -1.39. The summed E-state index contributed by atoms with van der Waals surface area (Å²) in [4.78, 5) is 14.3. The topological polar surface area (TPSA) is 92.3 Å². The summed E-state index contributed by atoms with van der Waals surface area (Å²) in [6.45, 7) is 11.3. The summed E-state index contributed by atoms with van der Waals surface area (Å²) in [5.41, 5.74) is 0.152. The van der Waals surface area contributed by atoms with Crippen LogP contribution < -0.4 is 4.72 Å². The maximum Gasteiger partial charge on any atom is 0.245 e. The van der Waals surface area contributed by atoms with Crippen molar-refractivity contribution in [2.45, 2.75) is 51.4 Å². The van der Waals surface area contributed by atoms with Crippen LogP contribution in [0, 0.1) is 0 Å². The van der Waals surface area contributed by atoms with Crippen LogP contribution in [-0.4, -0.2) is 41.5 Å². The summed E-state index contributed by atoms with van der Waals surface area (Å²) in [6, 6.07) is 2.86. The number of sulfonamides is 1. The summed E-state index contributed by atoms with van der Waals surface area (Å²) in [6.07, 6.45) is 1.23. The molecule has 1 unspecified atom stereocenters. The van der Waals surface area contributed by atoms with E-state index in [0.29, 0.717) is 5.01 Å². The summed E-state index contributed by atoms with van der Waals surface area (Å²) < 4.78 is 28.3. The van der Waals surface area contributed by atoms with E-state index in [-0.39, 0.29) is 50.2 Å². The highest BCUT2D eigenvalue weighted by atomic mass is 35.5. The fourth-order valence-electron chi connectivity index (χ4n) is 3.17. The van der Waals surface area contributed by atoms with Gasteiger partial charge in [0.25, 0.3) is 0 Å². The first kappa shape index (κ1) is 25.9. The highest BCUT2D eigenvalue weighted by molar-refractivity contribution is 7.93. The molecule has 1 amide bonds. The van der Waals surface area contributed by atoms with E-state index in [1.54, 1.807) is 4.90 Å². The van der Waals surface area contributed by atoms with E-state index in [0.717, 1.165) is 11.3 Å². The number of nitrogens with zero attached hydrogens (tertiary/aromatic N) is 3. The molecule has 2 rings (SSSR count). The van der Waals surface area contributed by atoms with Gasteiger partial charge in [0, 0.05) is 32.7 Å².